The van der Waals surface area contributed by atoms with Gasteiger partial charge in [0.15, 0.2) is 0 Å². The van der Waals surface area contributed by atoms with Gasteiger partial charge in [-0.2, -0.15) is 5.10 Å². The van der Waals surface area contributed by atoms with E-state index in [0.717, 1.165) is 60.6 Å². The molecule has 0 aliphatic carbocycles. The number of benzene rings is 1. The lowest BCUT2D eigenvalue weighted by atomic mass is 10.0. The van der Waals surface area contributed by atoms with E-state index in [0.29, 0.717) is 4.88 Å². The monoisotopic (exact) mass is 475 g/mol. The Morgan fingerprint density at radius 1 is 1.06 bits per heavy atom. The lowest BCUT2D eigenvalue weighted by Gasteiger charge is -2.32. The molecule has 0 saturated carbocycles. The molecule has 0 N–H and O–H groups in total. The van der Waals surface area contributed by atoms with Crippen LogP contribution in [0.15, 0.2) is 24.3 Å². The zero-order valence-corrected chi connectivity index (χ0v) is 20.8. The first-order chi connectivity index (χ1) is 14.9. The summed E-state index contributed by atoms with van der Waals surface area (Å²) in [5, 5.41) is 5.50. The number of thiazole rings is 1. The number of hydrogen-bond acceptors (Lipinski definition) is 6. The third-order valence-electron chi connectivity index (χ3n) is 5.93. The molecule has 1 aliphatic rings. The Hall–Kier alpha value is -2.42. The van der Waals surface area contributed by atoms with E-state index >= 15 is 0 Å². The summed E-state index contributed by atoms with van der Waals surface area (Å²) < 4.78 is 7.14. The molecule has 4 rings (SSSR count). The number of aromatic nitrogens is 3. The fourth-order valence-corrected chi connectivity index (χ4v) is 4.93. The van der Waals surface area contributed by atoms with E-state index in [1.807, 2.05) is 35.6 Å². The van der Waals surface area contributed by atoms with E-state index in [2.05, 4.69) is 31.0 Å². The van der Waals surface area contributed by atoms with Gasteiger partial charge in [0.25, 0.3) is 5.91 Å². The third-order valence-corrected chi connectivity index (χ3v) is 7.05. The van der Waals surface area contributed by atoms with Crippen LogP contribution in [0.2, 0.25) is 0 Å². The number of likely N-dealkylation sites (N-methyl/N-ethyl adjacent to an activating group) is 1. The van der Waals surface area contributed by atoms with Crippen LogP contribution in [0.1, 0.15) is 37.9 Å². The lowest BCUT2D eigenvalue weighted by molar-refractivity contribution is 0.0668. The number of rotatable bonds is 5. The van der Waals surface area contributed by atoms with Gasteiger partial charge in [0.05, 0.1) is 18.5 Å². The minimum atomic E-state index is 0. The van der Waals surface area contributed by atoms with Crippen LogP contribution in [0.4, 0.5) is 0 Å². The molecule has 32 heavy (non-hydrogen) atoms. The van der Waals surface area contributed by atoms with E-state index in [-0.39, 0.29) is 18.3 Å². The summed E-state index contributed by atoms with van der Waals surface area (Å²) in [5.41, 5.74) is 5.19. The van der Waals surface area contributed by atoms with E-state index in [1.54, 1.807) is 7.11 Å². The molecular formula is C23H30ClN5O2S. The van der Waals surface area contributed by atoms with Crippen molar-refractivity contribution < 1.29 is 9.53 Å². The quantitative estimate of drug-likeness (QED) is 0.563. The number of carbonyl (C=O) groups excluding carboxylic acids is 1. The molecule has 2 aromatic heterocycles. The SMILES string of the molecule is COc1ccc(Cc2c(C)nn(-c3nc(C)c(C(=O)N4CCN(C)CC4)s3)c2C)cc1.Cl. The number of carbonyl (C=O) groups is 1. The highest BCUT2D eigenvalue weighted by atomic mass is 35.5. The molecule has 1 amide bonds. The van der Waals surface area contributed by atoms with Crippen LogP contribution in [-0.2, 0) is 6.42 Å². The summed E-state index contributed by atoms with van der Waals surface area (Å²) in [7, 11) is 3.76. The molecule has 3 aromatic rings. The predicted octanol–water partition coefficient (Wildman–Crippen LogP) is 3.66. The van der Waals surface area contributed by atoms with Gasteiger partial charge in [-0.05, 0) is 45.5 Å². The molecule has 0 unspecified atom stereocenters. The predicted molar refractivity (Wildman–Crippen MR) is 130 cm³/mol. The van der Waals surface area contributed by atoms with E-state index in [1.165, 1.54) is 22.5 Å². The van der Waals surface area contributed by atoms with E-state index in [4.69, 9.17) is 14.8 Å². The van der Waals surface area contributed by atoms with Crippen molar-refractivity contribution in [1.82, 2.24) is 24.6 Å². The van der Waals surface area contributed by atoms with Crippen molar-refractivity contribution >= 4 is 29.7 Å². The van der Waals surface area contributed by atoms with E-state index in [9.17, 15) is 4.79 Å². The van der Waals surface area contributed by atoms with Crippen molar-refractivity contribution in [3.05, 3.63) is 57.4 Å². The summed E-state index contributed by atoms with van der Waals surface area (Å²) in [4.78, 5) is 22.6. The van der Waals surface area contributed by atoms with Gasteiger partial charge in [0.2, 0.25) is 5.13 Å². The number of nitrogens with zero attached hydrogens (tertiary/aromatic N) is 5. The van der Waals surface area contributed by atoms with Crippen molar-refractivity contribution in [3.63, 3.8) is 0 Å². The molecule has 1 aliphatic heterocycles. The largest absolute Gasteiger partial charge is 0.497 e. The van der Waals surface area contributed by atoms with Crippen LogP contribution in [0.5, 0.6) is 5.75 Å². The third kappa shape index (κ3) is 4.82. The average molecular weight is 476 g/mol. The van der Waals surface area contributed by atoms with Gasteiger partial charge in [-0.25, -0.2) is 9.67 Å². The van der Waals surface area contributed by atoms with Gasteiger partial charge >= 0.3 is 0 Å². The maximum Gasteiger partial charge on any atom is 0.266 e. The number of methoxy groups -OCH3 is 1. The Morgan fingerprint density at radius 3 is 2.34 bits per heavy atom. The molecule has 1 fully saturated rings. The Balaban J connectivity index is 0.00000289. The van der Waals surface area contributed by atoms with Gasteiger partial charge in [0, 0.05) is 43.9 Å². The maximum atomic E-state index is 13.1. The van der Waals surface area contributed by atoms with Gasteiger partial charge in [0.1, 0.15) is 10.6 Å². The number of hydrogen-bond donors (Lipinski definition) is 0. The molecule has 9 heteroatoms. The fourth-order valence-electron chi connectivity index (χ4n) is 3.89. The summed E-state index contributed by atoms with van der Waals surface area (Å²) in [6, 6.07) is 8.11. The number of piperazine rings is 1. The Morgan fingerprint density at radius 2 is 1.72 bits per heavy atom. The number of halogens is 1. The molecule has 7 nitrogen and oxygen atoms in total. The van der Waals surface area contributed by atoms with Crippen LogP contribution in [0, 0.1) is 20.8 Å². The Bertz CT molecular complexity index is 1080. The van der Waals surface area contributed by atoms with Crippen LogP contribution < -0.4 is 4.74 Å². The molecule has 0 spiro atoms. The molecule has 0 radical (unpaired) electrons. The normalized spacial score (nSPS) is 14.3. The first kappa shape index (κ1) is 24.2. The second-order valence-corrected chi connectivity index (χ2v) is 9.07. The van der Waals surface area contributed by atoms with Gasteiger partial charge in [-0.1, -0.05) is 23.5 Å². The second-order valence-electron chi connectivity index (χ2n) is 8.09. The highest BCUT2D eigenvalue weighted by Gasteiger charge is 2.25. The second kappa shape index (κ2) is 10.0. The molecule has 172 valence electrons. The van der Waals surface area contributed by atoms with Crippen molar-refractivity contribution in [3.8, 4) is 10.9 Å². The highest BCUT2D eigenvalue weighted by Crippen LogP contribution is 2.27. The Labute approximate surface area is 199 Å². The molecule has 0 bridgehead atoms. The molecule has 1 aromatic carbocycles. The minimum absolute atomic E-state index is 0. The zero-order chi connectivity index (χ0) is 22.1. The van der Waals surface area contributed by atoms with Crippen molar-refractivity contribution in [1.29, 1.82) is 0 Å². The smallest absolute Gasteiger partial charge is 0.266 e. The van der Waals surface area contributed by atoms with Gasteiger partial charge in [-0.15, -0.1) is 12.4 Å². The standard InChI is InChI=1S/C23H29N5O2S.ClH/c1-15-20(14-18-6-8-19(30-5)9-7-18)17(3)28(25-15)23-24-16(2)21(31-23)22(29)27-12-10-26(4)11-13-27;/h6-9H,10-14H2,1-5H3;1H. The number of ether oxygens (including phenoxy) is 1. The first-order valence-electron chi connectivity index (χ1n) is 10.5. The van der Waals surface area contributed by atoms with Gasteiger partial charge < -0.3 is 14.5 Å². The van der Waals surface area contributed by atoms with Crippen LogP contribution in [0.3, 0.4) is 0 Å². The summed E-state index contributed by atoms with van der Waals surface area (Å²) >= 11 is 1.43. The number of aryl methyl sites for hydroxylation is 2. The topological polar surface area (TPSA) is 63.5 Å². The van der Waals surface area contributed by atoms with Crippen LogP contribution in [0.25, 0.3) is 5.13 Å². The van der Waals surface area contributed by atoms with Crippen molar-refractivity contribution in [2.75, 3.05) is 40.3 Å². The highest BCUT2D eigenvalue weighted by molar-refractivity contribution is 7.16. The molecule has 0 atom stereocenters. The van der Waals surface area contributed by atoms with Gasteiger partial charge in [-0.3, -0.25) is 4.79 Å². The van der Waals surface area contributed by atoms with Crippen LogP contribution >= 0.6 is 23.7 Å². The Kier molecular flexibility index (Phi) is 7.59. The minimum Gasteiger partial charge on any atom is -0.497 e. The van der Waals surface area contributed by atoms with Crippen molar-refractivity contribution in [2.45, 2.75) is 27.2 Å². The maximum absolute atomic E-state index is 13.1. The van der Waals surface area contributed by atoms with E-state index < -0.39 is 0 Å². The van der Waals surface area contributed by atoms with Crippen molar-refractivity contribution in [2.24, 2.45) is 0 Å². The summed E-state index contributed by atoms with van der Waals surface area (Å²) in [5.74, 6) is 0.929. The lowest BCUT2D eigenvalue weighted by Crippen LogP contribution is -2.47. The molecule has 3 heterocycles. The molecule has 1 saturated heterocycles. The zero-order valence-electron chi connectivity index (χ0n) is 19.2. The van der Waals surface area contributed by atoms with Crippen LogP contribution in [-0.4, -0.2) is 70.8 Å². The number of amides is 1. The fraction of sp³-hybridized carbons (Fsp3) is 0.435. The summed E-state index contributed by atoms with van der Waals surface area (Å²) in [6.07, 6.45) is 0.791. The molecular weight excluding hydrogens is 446 g/mol. The average Bonchev–Trinajstić information content (AvgIpc) is 3.29. The summed E-state index contributed by atoms with van der Waals surface area (Å²) in [6.45, 7) is 9.33. The first-order valence-corrected chi connectivity index (χ1v) is 11.3.